The molecule has 0 aliphatic heterocycles. The number of alkyl halides is 2. The van der Waals surface area contributed by atoms with Crippen LogP contribution in [0.4, 0.5) is 8.78 Å². The zero-order valence-corrected chi connectivity index (χ0v) is 11.3. The van der Waals surface area contributed by atoms with Crippen LogP contribution in [0, 0.1) is 0 Å². The molecule has 19 heavy (non-hydrogen) atoms. The molecule has 110 valence electrons. The van der Waals surface area contributed by atoms with E-state index in [1.54, 1.807) is 7.11 Å². The minimum atomic E-state index is -2.51. The maximum absolute atomic E-state index is 11.9. The third-order valence-electron chi connectivity index (χ3n) is 2.44. The van der Waals surface area contributed by atoms with Crippen LogP contribution in [0.15, 0.2) is 6.20 Å². The summed E-state index contributed by atoms with van der Waals surface area (Å²) in [5.74, 6) is 0. The number of aromatic nitrogens is 2. The third kappa shape index (κ3) is 5.40. The fraction of sp³-hybridized carbons (Fsp3) is 0.727. The van der Waals surface area contributed by atoms with Crippen molar-refractivity contribution in [1.29, 1.82) is 0 Å². The minimum Gasteiger partial charge on any atom is -0.387 e. The molecule has 0 saturated heterocycles. The minimum absolute atomic E-state index is 0.0251. The van der Waals surface area contributed by atoms with Gasteiger partial charge in [0.2, 0.25) is 0 Å². The smallest absolute Gasteiger partial charge is 0.261 e. The number of ether oxygens (including phenoxy) is 2. The molecule has 1 rings (SSSR count). The maximum Gasteiger partial charge on any atom is 0.261 e. The van der Waals surface area contributed by atoms with Gasteiger partial charge in [-0.15, -0.1) is 0 Å². The van der Waals surface area contributed by atoms with Crippen molar-refractivity contribution in [3.63, 3.8) is 0 Å². The van der Waals surface area contributed by atoms with Gasteiger partial charge in [-0.1, -0.05) is 11.6 Å². The van der Waals surface area contributed by atoms with Gasteiger partial charge in [0.05, 0.1) is 36.2 Å². The van der Waals surface area contributed by atoms with Gasteiger partial charge in [0.1, 0.15) is 6.61 Å². The van der Waals surface area contributed by atoms with E-state index in [0.717, 1.165) is 0 Å². The maximum atomic E-state index is 11.9. The Morgan fingerprint density at radius 2 is 2.21 bits per heavy atom. The molecule has 0 fully saturated rings. The first kappa shape index (κ1) is 16.3. The molecule has 0 aliphatic carbocycles. The first-order valence-electron chi connectivity index (χ1n) is 5.80. The van der Waals surface area contributed by atoms with Crippen molar-refractivity contribution in [3.05, 3.63) is 16.9 Å². The number of methoxy groups -OCH3 is 1. The predicted octanol–water partition coefficient (Wildman–Crippen LogP) is 1.89. The van der Waals surface area contributed by atoms with E-state index in [-0.39, 0.29) is 13.0 Å². The number of rotatable bonds is 9. The first-order chi connectivity index (χ1) is 9.06. The summed E-state index contributed by atoms with van der Waals surface area (Å²) in [6.45, 7) is 0.272. The number of hydrogen-bond donors (Lipinski definition) is 1. The third-order valence-corrected chi connectivity index (χ3v) is 2.73. The highest BCUT2D eigenvalue weighted by atomic mass is 35.5. The van der Waals surface area contributed by atoms with Gasteiger partial charge in [0.25, 0.3) is 6.43 Å². The van der Waals surface area contributed by atoms with Crippen molar-refractivity contribution in [3.8, 4) is 0 Å². The summed E-state index contributed by atoms with van der Waals surface area (Å²) >= 11 is 5.94. The summed E-state index contributed by atoms with van der Waals surface area (Å²) in [6, 6.07) is 0. The van der Waals surface area contributed by atoms with Crippen molar-refractivity contribution in [2.75, 3.05) is 26.9 Å². The number of halogens is 3. The molecule has 1 atom stereocenters. The molecule has 1 heterocycles. The molecule has 8 heteroatoms. The van der Waals surface area contributed by atoms with Crippen LogP contribution in [-0.4, -0.2) is 48.2 Å². The molecule has 0 aliphatic rings. The largest absolute Gasteiger partial charge is 0.387 e. The summed E-state index contributed by atoms with van der Waals surface area (Å²) < 4.78 is 34.9. The first-order valence-corrected chi connectivity index (χ1v) is 6.18. The van der Waals surface area contributed by atoms with E-state index in [4.69, 9.17) is 21.1 Å². The zero-order chi connectivity index (χ0) is 14.3. The lowest BCUT2D eigenvalue weighted by molar-refractivity contribution is 0.00383. The summed E-state index contributed by atoms with van der Waals surface area (Å²) in [6.07, 6.45) is -1.82. The Kier molecular flexibility index (Phi) is 7.22. The van der Waals surface area contributed by atoms with Crippen LogP contribution >= 0.6 is 11.6 Å². The molecule has 0 bridgehead atoms. The van der Waals surface area contributed by atoms with Crippen LogP contribution in [0.3, 0.4) is 0 Å². The van der Waals surface area contributed by atoms with Crippen LogP contribution < -0.4 is 0 Å². The standard InChI is InChI=1S/C11H17ClF2N2O3/c1-18-5-3-16-11(8(12)6-15-16)9(17)2-4-19-7-10(13)14/h6,9-10,17H,2-5,7H2,1H3. The second-order valence-corrected chi connectivity index (χ2v) is 4.27. The van der Waals surface area contributed by atoms with Gasteiger partial charge in [-0.25, -0.2) is 8.78 Å². The van der Waals surface area contributed by atoms with E-state index in [0.29, 0.717) is 23.9 Å². The molecular formula is C11H17ClF2N2O3. The summed E-state index contributed by atoms with van der Waals surface area (Å²) in [7, 11) is 1.55. The normalized spacial score (nSPS) is 13.2. The Balaban J connectivity index is 2.50. The van der Waals surface area contributed by atoms with Crippen LogP contribution in [0.5, 0.6) is 0 Å². The Bertz CT molecular complexity index is 377. The highest BCUT2D eigenvalue weighted by Crippen LogP contribution is 2.25. The Morgan fingerprint density at radius 1 is 1.47 bits per heavy atom. The van der Waals surface area contributed by atoms with Crippen LogP contribution in [-0.2, 0) is 16.0 Å². The molecule has 5 nitrogen and oxygen atoms in total. The van der Waals surface area contributed by atoms with Gasteiger partial charge in [-0.2, -0.15) is 5.10 Å². The second-order valence-electron chi connectivity index (χ2n) is 3.86. The van der Waals surface area contributed by atoms with E-state index >= 15 is 0 Å². The Hall–Kier alpha value is -0.760. The lowest BCUT2D eigenvalue weighted by atomic mass is 10.2. The Labute approximate surface area is 115 Å². The summed E-state index contributed by atoms with van der Waals surface area (Å²) in [5, 5.41) is 14.3. The fourth-order valence-electron chi connectivity index (χ4n) is 1.56. The van der Waals surface area contributed by atoms with Gasteiger partial charge in [0.15, 0.2) is 0 Å². The van der Waals surface area contributed by atoms with Gasteiger partial charge < -0.3 is 14.6 Å². The second kappa shape index (κ2) is 8.42. The highest BCUT2D eigenvalue weighted by molar-refractivity contribution is 6.31. The average Bonchev–Trinajstić information content (AvgIpc) is 2.73. The molecule has 0 radical (unpaired) electrons. The van der Waals surface area contributed by atoms with E-state index in [1.807, 2.05) is 0 Å². The Morgan fingerprint density at radius 3 is 2.84 bits per heavy atom. The van der Waals surface area contributed by atoms with Crippen molar-refractivity contribution in [2.24, 2.45) is 0 Å². The van der Waals surface area contributed by atoms with Gasteiger partial charge in [0, 0.05) is 20.1 Å². The van der Waals surface area contributed by atoms with E-state index in [1.165, 1.54) is 10.9 Å². The number of hydrogen-bond acceptors (Lipinski definition) is 4. The quantitative estimate of drug-likeness (QED) is 0.707. The molecule has 0 saturated carbocycles. The zero-order valence-electron chi connectivity index (χ0n) is 10.6. The van der Waals surface area contributed by atoms with Crippen molar-refractivity contribution < 1.29 is 23.4 Å². The molecule has 1 unspecified atom stereocenters. The molecule has 1 aromatic heterocycles. The number of nitrogens with zero attached hydrogens (tertiary/aromatic N) is 2. The van der Waals surface area contributed by atoms with Gasteiger partial charge >= 0.3 is 0 Å². The monoisotopic (exact) mass is 298 g/mol. The van der Waals surface area contributed by atoms with E-state index in [9.17, 15) is 13.9 Å². The van der Waals surface area contributed by atoms with E-state index < -0.39 is 19.1 Å². The fourth-order valence-corrected chi connectivity index (χ4v) is 1.83. The van der Waals surface area contributed by atoms with Gasteiger partial charge in [-0.3, -0.25) is 4.68 Å². The highest BCUT2D eigenvalue weighted by Gasteiger charge is 2.18. The van der Waals surface area contributed by atoms with Crippen molar-refractivity contribution in [2.45, 2.75) is 25.5 Å². The SMILES string of the molecule is COCCn1ncc(Cl)c1C(O)CCOCC(F)F. The van der Waals surface area contributed by atoms with E-state index in [2.05, 4.69) is 5.10 Å². The van der Waals surface area contributed by atoms with Gasteiger partial charge in [-0.05, 0) is 0 Å². The molecule has 1 N–H and O–H groups in total. The number of aliphatic hydroxyl groups is 1. The van der Waals surface area contributed by atoms with Crippen molar-refractivity contribution >= 4 is 11.6 Å². The molecule has 0 aromatic carbocycles. The molecule has 0 spiro atoms. The lowest BCUT2D eigenvalue weighted by Gasteiger charge is -2.14. The average molecular weight is 299 g/mol. The van der Waals surface area contributed by atoms with Crippen LogP contribution in [0.1, 0.15) is 18.2 Å². The lowest BCUT2D eigenvalue weighted by Crippen LogP contribution is -2.15. The van der Waals surface area contributed by atoms with Crippen LogP contribution in [0.2, 0.25) is 5.02 Å². The summed E-state index contributed by atoms with van der Waals surface area (Å²) in [4.78, 5) is 0. The van der Waals surface area contributed by atoms with Crippen molar-refractivity contribution in [1.82, 2.24) is 9.78 Å². The molecular weight excluding hydrogens is 282 g/mol. The number of aliphatic hydroxyl groups excluding tert-OH is 1. The summed E-state index contributed by atoms with van der Waals surface area (Å²) in [5.41, 5.74) is 0.444. The predicted molar refractivity (Wildman–Crippen MR) is 65.5 cm³/mol. The molecule has 0 amide bonds. The topological polar surface area (TPSA) is 56.5 Å². The van der Waals surface area contributed by atoms with Crippen LogP contribution in [0.25, 0.3) is 0 Å². The molecule has 1 aromatic rings.